The van der Waals surface area contributed by atoms with E-state index in [4.69, 9.17) is 0 Å². The average molecular weight is 255 g/mol. The molecular formula is C12H17NO3S. The van der Waals surface area contributed by atoms with Crippen LogP contribution in [0.1, 0.15) is 11.1 Å². The predicted molar refractivity (Wildman–Crippen MR) is 66.5 cm³/mol. The first-order valence-corrected chi connectivity index (χ1v) is 7.46. The van der Waals surface area contributed by atoms with Crippen LogP contribution in [0.2, 0.25) is 0 Å². The highest BCUT2D eigenvalue weighted by molar-refractivity contribution is 7.91. The zero-order chi connectivity index (χ0) is 12.5. The maximum atomic E-state index is 11.3. The number of rotatable bonds is 3. The molecule has 4 nitrogen and oxygen atoms in total. The lowest BCUT2D eigenvalue weighted by Crippen LogP contribution is -2.38. The monoisotopic (exact) mass is 255 g/mol. The predicted octanol–water partition coefficient (Wildman–Crippen LogP) is 0.243. The summed E-state index contributed by atoms with van der Waals surface area (Å²) >= 11 is 0. The summed E-state index contributed by atoms with van der Waals surface area (Å²) < 4.78 is 22.6. The number of benzene rings is 1. The molecule has 5 heteroatoms. The van der Waals surface area contributed by atoms with E-state index in [2.05, 4.69) is 5.32 Å². The summed E-state index contributed by atoms with van der Waals surface area (Å²) in [6, 6.07) is 7.68. The van der Waals surface area contributed by atoms with E-state index in [9.17, 15) is 13.5 Å². The van der Waals surface area contributed by atoms with Crippen LogP contribution in [0, 0.1) is 6.92 Å². The summed E-state index contributed by atoms with van der Waals surface area (Å²) in [7, 11) is -3.07. The van der Waals surface area contributed by atoms with Crippen molar-refractivity contribution in [2.45, 2.75) is 25.6 Å². The highest BCUT2D eigenvalue weighted by Gasteiger charge is 2.35. The van der Waals surface area contributed by atoms with Crippen molar-refractivity contribution in [3.8, 4) is 0 Å². The third-order valence-corrected chi connectivity index (χ3v) is 4.73. The number of sulfone groups is 1. The lowest BCUT2D eigenvalue weighted by molar-refractivity contribution is 0.165. The Bertz CT molecular complexity index is 481. The summed E-state index contributed by atoms with van der Waals surface area (Å²) in [5, 5.41) is 12.7. The zero-order valence-corrected chi connectivity index (χ0v) is 10.6. The number of hydrogen-bond acceptors (Lipinski definition) is 4. The van der Waals surface area contributed by atoms with Crippen LogP contribution in [-0.2, 0) is 16.4 Å². The molecule has 0 amide bonds. The summed E-state index contributed by atoms with van der Waals surface area (Å²) in [6.07, 6.45) is -0.787. The molecule has 0 saturated carbocycles. The summed E-state index contributed by atoms with van der Waals surface area (Å²) in [6.45, 7) is 2.60. The molecule has 1 aromatic rings. The molecule has 1 fully saturated rings. The van der Waals surface area contributed by atoms with Gasteiger partial charge in [-0.05, 0) is 12.5 Å². The van der Waals surface area contributed by atoms with Gasteiger partial charge in [-0.3, -0.25) is 0 Å². The van der Waals surface area contributed by atoms with Crippen LogP contribution in [0.15, 0.2) is 24.3 Å². The van der Waals surface area contributed by atoms with Gasteiger partial charge < -0.3 is 10.4 Å². The van der Waals surface area contributed by atoms with Gasteiger partial charge in [0.05, 0.1) is 17.6 Å². The van der Waals surface area contributed by atoms with Crippen LogP contribution in [0.25, 0.3) is 0 Å². The number of aliphatic hydroxyl groups is 1. The van der Waals surface area contributed by atoms with Crippen molar-refractivity contribution in [2.24, 2.45) is 0 Å². The van der Waals surface area contributed by atoms with Gasteiger partial charge in [0.1, 0.15) is 0 Å². The van der Waals surface area contributed by atoms with Crippen LogP contribution >= 0.6 is 0 Å². The Hall–Kier alpha value is -0.910. The van der Waals surface area contributed by atoms with Crippen molar-refractivity contribution in [1.82, 2.24) is 5.32 Å². The van der Waals surface area contributed by atoms with Crippen molar-refractivity contribution in [3.05, 3.63) is 35.4 Å². The van der Waals surface area contributed by atoms with E-state index in [1.165, 1.54) is 5.56 Å². The quantitative estimate of drug-likeness (QED) is 0.812. The molecule has 1 heterocycles. The fourth-order valence-corrected chi connectivity index (χ4v) is 3.75. The third kappa shape index (κ3) is 3.28. The minimum Gasteiger partial charge on any atom is -0.390 e. The molecule has 0 aliphatic carbocycles. The second-order valence-corrected chi connectivity index (χ2v) is 6.77. The third-order valence-electron chi connectivity index (χ3n) is 3.01. The van der Waals surface area contributed by atoms with Gasteiger partial charge in [-0.1, -0.05) is 29.8 Å². The highest BCUT2D eigenvalue weighted by Crippen LogP contribution is 2.13. The molecule has 2 N–H and O–H groups in total. The van der Waals surface area contributed by atoms with E-state index < -0.39 is 15.9 Å². The summed E-state index contributed by atoms with van der Waals surface area (Å²) in [5.41, 5.74) is 2.28. The molecule has 94 valence electrons. The molecule has 1 aliphatic rings. The molecule has 0 bridgehead atoms. The number of nitrogens with one attached hydrogen (secondary N) is 1. The van der Waals surface area contributed by atoms with Crippen molar-refractivity contribution < 1.29 is 13.5 Å². The number of aliphatic hydroxyl groups excluding tert-OH is 1. The molecule has 1 aliphatic heterocycles. The Morgan fingerprint density at radius 2 is 1.94 bits per heavy atom. The maximum Gasteiger partial charge on any atom is 0.154 e. The first-order chi connectivity index (χ1) is 7.96. The van der Waals surface area contributed by atoms with Gasteiger partial charge in [0.25, 0.3) is 0 Å². The molecule has 17 heavy (non-hydrogen) atoms. The Kier molecular flexibility index (Phi) is 3.51. The molecule has 0 spiro atoms. The lowest BCUT2D eigenvalue weighted by Gasteiger charge is -2.14. The van der Waals surface area contributed by atoms with E-state index in [0.29, 0.717) is 6.54 Å². The van der Waals surface area contributed by atoms with Crippen molar-refractivity contribution in [2.75, 3.05) is 11.5 Å². The van der Waals surface area contributed by atoms with E-state index >= 15 is 0 Å². The average Bonchev–Trinajstić information content (AvgIpc) is 2.51. The Balaban J connectivity index is 1.93. The highest BCUT2D eigenvalue weighted by atomic mass is 32.2. The van der Waals surface area contributed by atoms with Gasteiger partial charge in [-0.15, -0.1) is 0 Å². The SMILES string of the molecule is Cc1ccc(CN[C@H]2CS(=O)(=O)C[C@H]2O)cc1. The van der Waals surface area contributed by atoms with Crippen LogP contribution < -0.4 is 5.32 Å². The smallest absolute Gasteiger partial charge is 0.154 e. The minimum absolute atomic E-state index is 0.0278. The molecule has 0 aromatic heterocycles. The van der Waals surface area contributed by atoms with Gasteiger partial charge in [0.2, 0.25) is 0 Å². The van der Waals surface area contributed by atoms with Crippen LogP contribution in [0.4, 0.5) is 0 Å². The van der Waals surface area contributed by atoms with Crippen LogP contribution in [0.5, 0.6) is 0 Å². The molecular weight excluding hydrogens is 238 g/mol. The van der Waals surface area contributed by atoms with Gasteiger partial charge in [-0.25, -0.2) is 8.42 Å². The van der Waals surface area contributed by atoms with Crippen LogP contribution in [0.3, 0.4) is 0 Å². The maximum absolute atomic E-state index is 11.3. The van der Waals surface area contributed by atoms with Crippen molar-refractivity contribution in [3.63, 3.8) is 0 Å². The lowest BCUT2D eigenvalue weighted by atomic mass is 10.1. The number of aryl methyl sites for hydroxylation is 1. The Labute approximate surface area is 102 Å². The second-order valence-electron chi connectivity index (χ2n) is 4.62. The molecule has 1 aromatic carbocycles. The van der Waals surface area contributed by atoms with E-state index in [1.807, 2.05) is 31.2 Å². The van der Waals surface area contributed by atoms with E-state index in [-0.39, 0.29) is 17.5 Å². The molecule has 0 radical (unpaired) electrons. The molecule has 1 saturated heterocycles. The molecule has 2 rings (SSSR count). The molecule has 0 unspecified atom stereocenters. The zero-order valence-electron chi connectivity index (χ0n) is 9.76. The van der Waals surface area contributed by atoms with Crippen molar-refractivity contribution in [1.29, 1.82) is 0 Å². The van der Waals surface area contributed by atoms with E-state index in [0.717, 1.165) is 5.56 Å². The summed E-state index contributed by atoms with van der Waals surface area (Å²) in [5.74, 6) is -0.0986. The van der Waals surface area contributed by atoms with E-state index in [1.54, 1.807) is 0 Å². The topological polar surface area (TPSA) is 66.4 Å². The van der Waals surface area contributed by atoms with Crippen LogP contribution in [-0.4, -0.2) is 37.2 Å². The van der Waals surface area contributed by atoms with Gasteiger partial charge in [-0.2, -0.15) is 0 Å². The second kappa shape index (κ2) is 4.76. The minimum atomic E-state index is -3.07. The standard InChI is InChI=1S/C12H17NO3S/c1-9-2-4-10(5-3-9)6-13-11-7-17(15,16)8-12(11)14/h2-5,11-14H,6-8H2,1H3/t11-,12+/m0/s1. The first-order valence-electron chi connectivity index (χ1n) is 5.64. The number of hydrogen-bond donors (Lipinski definition) is 2. The van der Waals surface area contributed by atoms with Gasteiger partial charge >= 0.3 is 0 Å². The Morgan fingerprint density at radius 1 is 1.29 bits per heavy atom. The van der Waals surface area contributed by atoms with Gasteiger partial charge in [0, 0.05) is 12.6 Å². The summed E-state index contributed by atoms with van der Waals surface area (Å²) in [4.78, 5) is 0. The largest absolute Gasteiger partial charge is 0.390 e. The fourth-order valence-electron chi connectivity index (χ4n) is 1.98. The Morgan fingerprint density at radius 3 is 2.47 bits per heavy atom. The fraction of sp³-hybridized carbons (Fsp3) is 0.500. The first kappa shape index (κ1) is 12.5. The molecule has 2 atom stereocenters. The normalized spacial score (nSPS) is 27.2. The van der Waals surface area contributed by atoms with Crippen molar-refractivity contribution >= 4 is 9.84 Å². The van der Waals surface area contributed by atoms with Gasteiger partial charge in [0.15, 0.2) is 9.84 Å².